The summed E-state index contributed by atoms with van der Waals surface area (Å²) in [5, 5.41) is 6.08. The Hall–Kier alpha value is -1.81. The standard InChI is InChI=1S/C16H20N2O2/c1-20-15-9-12-5-2-4-11(12)8-13(15)10-18-16(19)14-6-3-7-17-14/h3,6,8-9,14,17H,2,4-5,7,10H2,1H3,(H,18,19)/t14-/m0/s1. The lowest BCUT2D eigenvalue weighted by Crippen LogP contribution is -2.40. The summed E-state index contributed by atoms with van der Waals surface area (Å²) in [7, 11) is 1.68. The number of nitrogens with one attached hydrogen (secondary N) is 2. The maximum Gasteiger partial charge on any atom is 0.241 e. The lowest BCUT2D eigenvalue weighted by Gasteiger charge is -2.14. The Balaban J connectivity index is 1.70. The van der Waals surface area contributed by atoms with E-state index in [0.717, 1.165) is 30.7 Å². The van der Waals surface area contributed by atoms with E-state index in [1.807, 2.05) is 12.2 Å². The Morgan fingerprint density at radius 2 is 2.20 bits per heavy atom. The zero-order chi connectivity index (χ0) is 13.9. The average Bonchev–Trinajstić information content (AvgIpc) is 3.13. The number of carbonyl (C=O) groups is 1. The van der Waals surface area contributed by atoms with Crippen LogP contribution < -0.4 is 15.4 Å². The zero-order valence-corrected chi connectivity index (χ0v) is 11.7. The molecule has 106 valence electrons. The highest BCUT2D eigenvalue weighted by Gasteiger charge is 2.19. The summed E-state index contributed by atoms with van der Waals surface area (Å²) in [6.45, 7) is 1.28. The number of rotatable bonds is 4. The summed E-state index contributed by atoms with van der Waals surface area (Å²) in [5.41, 5.74) is 3.84. The molecular weight excluding hydrogens is 252 g/mol. The number of fused-ring (bicyclic) bond motifs is 1. The van der Waals surface area contributed by atoms with Crippen LogP contribution in [0.4, 0.5) is 0 Å². The minimum atomic E-state index is -0.199. The number of benzene rings is 1. The zero-order valence-electron chi connectivity index (χ0n) is 11.7. The number of ether oxygens (including phenoxy) is 1. The molecular formula is C16H20N2O2. The van der Waals surface area contributed by atoms with Crippen LogP contribution in [0.25, 0.3) is 0 Å². The van der Waals surface area contributed by atoms with E-state index in [1.54, 1.807) is 7.11 Å². The topological polar surface area (TPSA) is 50.4 Å². The first kappa shape index (κ1) is 13.2. The lowest BCUT2D eigenvalue weighted by molar-refractivity contribution is -0.122. The molecule has 0 saturated carbocycles. The largest absolute Gasteiger partial charge is 0.496 e. The van der Waals surface area contributed by atoms with E-state index in [0.29, 0.717) is 6.54 Å². The molecule has 0 saturated heterocycles. The Bertz CT molecular complexity index is 552. The molecule has 1 aromatic rings. The molecule has 0 fully saturated rings. The molecule has 0 spiro atoms. The van der Waals surface area contributed by atoms with Gasteiger partial charge in [-0.25, -0.2) is 0 Å². The van der Waals surface area contributed by atoms with Crippen LogP contribution in [0.3, 0.4) is 0 Å². The van der Waals surface area contributed by atoms with Crippen molar-refractivity contribution in [3.05, 3.63) is 41.0 Å². The quantitative estimate of drug-likeness (QED) is 0.813. The highest BCUT2D eigenvalue weighted by atomic mass is 16.5. The molecule has 1 aliphatic heterocycles. The highest BCUT2D eigenvalue weighted by Crippen LogP contribution is 2.29. The van der Waals surface area contributed by atoms with Gasteiger partial charge < -0.3 is 10.1 Å². The van der Waals surface area contributed by atoms with Crippen molar-refractivity contribution < 1.29 is 9.53 Å². The molecule has 1 atom stereocenters. The van der Waals surface area contributed by atoms with Crippen LogP contribution in [0.1, 0.15) is 23.1 Å². The molecule has 0 bridgehead atoms. The Labute approximate surface area is 119 Å². The van der Waals surface area contributed by atoms with Gasteiger partial charge in [0.1, 0.15) is 11.8 Å². The van der Waals surface area contributed by atoms with Crippen molar-refractivity contribution in [2.24, 2.45) is 0 Å². The van der Waals surface area contributed by atoms with Gasteiger partial charge in [-0.05, 0) is 36.5 Å². The molecule has 20 heavy (non-hydrogen) atoms. The number of hydrogen-bond donors (Lipinski definition) is 2. The van der Waals surface area contributed by atoms with Crippen LogP contribution in [-0.2, 0) is 24.2 Å². The minimum absolute atomic E-state index is 0.0151. The van der Waals surface area contributed by atoms with Crippen molar-refractivity contribution in [3.8, 4) is 5.75 Å². The highest BCUT2D eigenvalue weighted by molar-refractivity contribution is 5.84. The summed E-state index contributed by atoms with van der Waals surface area (Å²) >= 11 is 0. The van der Waals surface area contributed by atoms with Crippen molar-refractivity contribution in [2.45, 2.75) is 31.8 Å². The van der Waals surface area contributed by atoms with Crippen molar-refractivity contribution in [2.75, 3.05) is 13.7 Å². The van der Waals surface area contributed by atoms with Gasteiger partial charge in [0.05, 0.1) is 7.11 Å². The smallest absolute Gasteiger partial charge is 0.241 e. The number of carbonyl (C=O) groups excluding carboxylic acids is 1. The van der Waals surface area contributed by atoms with Crippen molar-refractivity contribution in [1.82, 2.24) is 10.6 Å². The summed E-state index contributed by atoms with van der Waals surface area (Å²) in [4.78, 5) is 12.0. The molecule has 4 nitrogen and oxygen atoms in total. The number of amides is 1. The van der Waals surface area contributed by atoms with E-state index < -0.39 is 0 Å². The molecule has 3 rings (SSSR count). The first-order valence-electron chi connectivity index (χ1n) is 7.14. The van der Waals surface area contributed by atoms with E-state index >= 15 is 0 Å². The second-order valence-corrected chi connectivity index (χ2v) is 5.32. The van der Waals surface area contributed by atoms with E-state index in [9.17, 15) is 4.79 Å². The molecule has 1 heterocycles. The lowest BCUT2D eigenvalue weighted by atomic mass is 10.0. The first-order chi connectivity index (χ1) is 9.78. The summed E-state index contributed by atoms with van der Waals surface area (Å²) < 4.78 is 5.45. The Kier molecular flexibility index (Phi) is 3.74. The van der Waals surface area contributed by atoms with E-state index in [1.165, 1.54) is 17.5 Å². The summed E-state index contributed by atoms with van der Waals surface area (Å²) in [6.07, 6.45) is 7.35. The summed E-state index contributed by atoms with van der Waals surface area (Å²) in [6, 6.07) is 4.10. The predicted octanol–water partition coefficient (Wildman–Crippen LogP) is 1.33. The summed E-state index contributed by atoms with van der Waals surface area (Å²) in [5.74, 6) is 0.891. The van der Waals surface area contributed by atoms with Gasteiger partial charge in [0.15, 0.2) is 0 Å². The maximum absolute atomic E-state index is 12.0. The van der Waals surface area contributed by atoms with Gasteiger partial charge in [0, 0.05) is 18.7 Å². The van der Waals surface area contributed by atoms with Crippen LogP contribution in [0.15, 0.2) is 24.3 Å². The first-order valence-corrected chi connectivity index (χ1v) is 7.14. The Morgan fingerprint density at radius 3 is 2.90 bits per heavy atom. The molecule has 1 aromatic carbocycles. The average molecular weight is 272 g/mol. The maximum atomic E-state index is 12.0. The van der Waals surface area contributed by atoms with Crippen LogP contribution >= 0.6 is 0 Å². The van der Waals surface area contributed by atoms with Gasteiger partial charge in [-0.3, -0.25) is 10.1 Å². The third-order valence-electron chi connectivity index (χ3n) is 4.01. The minimum Gasteiger partial charge on any atom is -0.496 e. The second-order valence-electron chi connectivity index (χ2n) is 5.32. The second kappa shape index (κ2) is 5.67. The predicted molar refractivity (Wildman–Crippen MR) is 77.8 cm³/mol. The number of hydrogen-bond acceptors (Lipinski definition) is 3. The van der Waals surface area contributed by atoms with Gasteiger partial charge in [-0.15, -0.1) is 0 Å². The molecule has 4 heteroatoms. The van der Waals surface area contributed by atoms with E-state index in [4.69, 9.17) is 4.74 Å². The van der Waals surface area contributed by atoms with Crippen molar-refractivity contribution in [3.63, 3.8) is 0 Å². The fourth-order valence-corrected chi connectivity index (χ4v) is 2.92. The van der Waals surface area contributed by atoms with Gasteiger partial charge in [0.25, 0.3) is 0 Å². The number of aryl methyl sites for hydroxylation is 2. The van der Waals surface area contributed by atoms with Gasteiger partial charge in [0.2, 0.25) is 5.91 Å². The van der Waals surface area contributed by atoms with Gasteiger partial charge in [-0.1, -0.05) is 18.2 Å². The molecule has 2 N–H and O–H groups in total. The van der Waals surface area contributed by atoms with Crippen molar-refractivity contribution >= 4 is 5.91 Å². The van der Waals surface area contributed by atoms with Gasteiger partial charge in [-0.2, -0.15) is 0 Å². The molecule has 1 amide bonds. The van der Waals surface area contributed by atoms with Crippen LogP contribution in [0.2, 0.25) is 0 Å². The Morgan fingerprint density at radius 1 is 1.40 bits per heavy atom. The van der Waals surface area contributed by atoms with Crippen molar-refractivity contribution in [1.29, 1.82) is 0 Å². The third kappa shape index (κ3) is 2.56. The van der Waals surface area contributed by atoms with Crippen LogP contribution in [-0.4, -0.2) is 25.6 Å². The molecule has 0 unspecified atom stereocenters. The molecule has 0 radical (unpaired) electrons. The van der Waals surface area contributed by atoms with Crippen LogP contribution in [0, 0.1) is 0 Å². The third-order valence-corrected chi connectivity index (χ3v) is 4.01. The van der Waals surface area contributed by atoms with E-state index in [2.05, 4.69) is 22.8 Å². The van der Waals surface area contributed by atoms with E-state index in [-0.39, 0.29) is 11.9 Å². The molecule has 2 aliphatic rings. The number of methoxy groups -OCH3 is 1. The fourth-order valence-electron chi connectivity index (χ4n) is 2.92. The van der Waals surface area contributed by atoms with Crippen LogP contribution in [0.5, 0.6) is 5.75 Å². The molecule has 0 aromatic heterocycles. The monoisotopic (exact) mass is 272 g/mol. The fraction of sp³-hybridized carbons (Fsp3) is 0.438. The molecule has 1 aliphatic carbocycles. The van der Waals surface area contributed by atoms with Gasteiger partial charge >= 0.3 is 0 Å². The SMILES string of the molecule is COc1cc2c(cc1CNC(=O)[C@@H]1C=CCN1)CCC2. The normalized spacial score (nSPS) is 19.9.